The lowest BCUT2D eigenvalue weighted by atomic mass is 10.2. The first-order valence-electron chi connectivity index (χ1n) is 5.54. The van der Waals surface area contributed by atoms with Gasteiger partial charge in [-0.3, -0.25) is 4.79 Å². The molecule has 96 valence electrons. The predicted molar refractivity (Wildman–Crippen MR) is 69.6 cm³/mol. The summed E-state index contributed by atoms with van der Waals surface area (Å²) in [6.45, 7) is 0. The van der Waals surface area contributed by atoms with E-state index in [0.717, 1.165) is 0 Å². The van der Waals surface area contributed by atoms with E-state index >= 15 is 0 Å². The van der Waals surface area contributed by atoms with Crippen molar-refractivity contribution in [2.24, 2.45) is 5.10 Å². The van der Waals surface area contributed by atoms with Crippen molar-refractivity contribution < 1.29 is 14.3 Å². The van der Waals surface area contributed by atoms with Crippen LogP contribution in [0.5, 0.6) is 5.75 Å². The molecule has 2 rings (SSSR count). The summed E-state index contributed by atoms with van der Waals surface area (Å²) < 4.78 is 12.9. The molecular weight excluding hydrogens is 247 g/mol. The molecule has 0 heterocycles. The molecule has 1 amide bonds. The van der Waals surface area contributed by atoms with E-state index in [0.29, 0.717) is 5.56 Å². The second-order valence-corrected chi connectivity index (χ2v) is 3.77. The molecule has 0 radical (unpaired) electrons. The van der Waals surface area contributed by atoms with Crippen molar-refractivity contribution in [2.75, 3.05) is 0 Å². The van der Waals surface area contributed by atoms with Crippen molar-refractivity contribution in [2.45, 2.75) is 0 Å². The molecule has 4 nitrogen and oxygen atoms in total. The van der Waals surface area contributed by atoms with Crippen LogP contribution in [0.4, 0.5) is 4.39 Å². The van der Waals surface area contributed by atoms with Gasteiger partial charge in [-0.05, 0) is 29.8 Å². The fourth-order valence-corrected chi connectivity index (χ4v) is 1.48. The van der Waals surface area contributed by atoms with Crippen LogP contribution < -0.4 is 5.43 Å². The molecule has 0 aliphatic heterocycles. The smallest absolute Gasteiger partial charge is 0.275 e. The number of carbonyl (C=O) groups is 1. The SMILES string of the molecule is O=C(N/N=C/c1cccc(F)c1)c1ccccc1O. The molecular formula is C14H11FN2O2. The Balaban J connectivity index is 2.03. The Morgan fingerprint density at radius 3 is 2.74 bits per heavy atom. The summed E-state index contributed by atoms with van der Waals surface area (Å²) in [4.78, 5) is 11.7. The number of aromatic hydroxyl groups is 1. The average molecular weight is 258 g/mol. The lowest BCUT2D eigenvalue weighted by Crippen LogP contribution is -2.17. The Hall–Kier alpha value is -2.69. The number of hydrogen-bond acceptors (Lipinski definition) is 3. The number of phenols is 1. The van der Waals surface area contributed by atoms with Gasteiger partial charge in [-0.15, -0.1) is 0 Å². The third-order valence-electron chi connectivity index (χ3n) is 2.38. The highest BCUT2D eigenvalue weighted by molar-refractivity contribution is 5.97. The van der Waals surface area contributed by atoms with Crippen LogP contribution in [0.1, 0.15) is 15.9 Å². The van der Waals surface area contributed by atoms with Gasteiger partial charge < -0.3 is 5.11 Å². The molecule has 0 saturated heterocycles. The van der Waals surface area contributed by atoms with Gasteiger partial charge in [-0.1, -0.05) is 24.3 Å². The maximum absolute atomic E-state index is 12.9. The van der Waals surface area contributed by atoms with Gasteiger partial charge in [0, 0.05) is 0 Å². The van der Waals surface area contributed by atoms with Crippen molar-refractivity contribution >= 4 is 12.1 Å². The van der Waals surface area contributed by atoms with Gasteiger partial charge in [-0.2, -0.15) is 5.10 Å². The number of para-hydroxylation sites is 1. The van der Waals surface area contributed by atoms with E-state index in [2.05, 4.69) is 10.5 Å². The monoisotopic (exact) mass is 258 g/mol. The molecule has 2 aromatic carbocycles. The van der Waals surface area contributed by atoms with Crippen molar-refractivity contribution in [1.82, 2.24) is 5.43 Å². The van der Waals surface area contributed by atoms with Crippen molar-refractivity contribution in [3.05, 3.63) is 65.5 Å². The third-order valence-corrected chi connectivity index (χ3v) is 2.38. The summed E-state index contributed by atoms with van der Waals surface area (Å²) in [5, 5.41) is 13.2. The zero-order valence-corrected chi connectivity index (χ0v) is 9.88. The molecule has 0 atom stereocenters. The minimum Gasteiger partial charge on any atom is -0.507 e. The van der Waals surface area contributed by atoms with Crippen molar-refractivity contribution in [3.8, 4) is 5.75 Å². The van der Waals surface area contributed by atoms with Gasteiger partial charge in [0.1, 0.15) is 11.6 Å². The number of hydrazone groups is 1. The second-order valence-electron chi connectivity index (χ2n) is 3.77. The number of amides is 1. The lowest BCUT2D eigenvalue weighted by molar-refractivity contribution is 0.0952. The van der Waals surface area contributed by atoms with E-state index < -0.39 is 5.91 Å². The summed E-state index contributed by atoms with van der Waals surface area (Å²) in [6.07, 6.45) is 1.32. The zero-order chi connectivity index (χ0) is 13.7. The number of phenolic OH excluding ortho intramolecular Hbond substituents is 1. The van der Waals surface area contributed by atoms with Gasteiger partial charge in [-0.25, -0.2) is 9.82 Å². The first kappa shape index (κ1) is 12.8. The van der Waals surface area contributed by atoms with Crippen LogP contribution >= 0.6 is 0 Å². The summed E-state index contributed by atoms with van der Waals surface area (Å²) in [7, 11) is 0. The molecule has 2 aromatic rings. The molecule has 19 heavy (non-hydrogen) atoms. The molecule has 0 aromatic heterocycles. The van der Waals surface area contributed by atoms with Crippen LogP contribution in [-0.4, -0.2) is 17.2 Å². The van der Waals surface area contributed by atoms with E-state index in [4.69, 9.17) is 0 Å². The molecule has 2 N–H and O–H groups in total. The Kier molecular flexibility index (Phi) is 3.87. The van der Waals surface area contributed by atoms with Crippen molar-refractivity contribution in [1.29, 1.82) is 0 Å². The maximum Gasteiger partial charge on any atom is 0.275 e. The predicted octanol–water partition coefficient (Wildman–Crippen LogP) is 2.30. The normalized spacial score (nSPS) is 10.6. The van der Waals surface area contributed by atoms with E-state index in [1.54, 1.807) is 24.3 Å². The van der Waals surface area contributed by atoms with Gasteiger partial charge in [0.15, 0.2) is 0 Å². The van der Waals surface area contributed by atoms with Crippen LogP contribution in [0.2, 0.25) is 0 Å². The fraction of sp³-hybridized carbons (Fsp3) is 0. The minimum atomic E-state index is -0.536. The van der Waals surface area contributed by atoms with Crippen LogP contribution in [0.3, 0.4) is 0 Å². The number of nitrogens with zero attached hydrogens (tertiary/aromatic N) is 1. The number of benzene rings is 2. The first-order chi connectivity index (χ1) is 9.16. The average Bonchev–Trinajstić information content (AvgIpc) is 2.39. The highest BCUT2D eigenvalue weighted by atomic mass is 19.1. The Morgan fingerprint density at radius 1 is 1.21 bits per heavy atom. The number of halogens is 1. The maximum atomic E-state index is 12.9. The van der Waals surface area contributed by atoms with Crippen molar-refractivity contribution in [3.63, 3.8) is 0 Å². The second kappa shape index (κ2) is 5.77. The first-order valence-corrected chi connectivity index (χ1v) is 5.54. The highest BCUT2D eigenvalue weighted by Crippen LogP contribution is 2.14. The van der Waals surface area contributed by atoms with E-state index in [9.17, 15) is 14.3 Å². The molecule has 0 fully saturated rings. The van der Waals surface area contributed by atoms with Crippen LogP contribution in [0.25, 0.3) is 0 Å². The molecule has 0 saturated carbocycles. The summed E-state index contributed by atoms with van der Waals surface area (Å²) in [5.41, 5.74) is 2.91. The van der Waals surface area contributed by atoms with Gasteiger partial charge in [0.25, 0.3) is 5.91 Å². The number of rotatable bonds is 3. The zero-order valence-electron chi connectivity index (χ0n) is 9.88. The number of nitrogens with one attached hydrogen (secondary N) is 1. The number of carbonyl (C=O) groups excluding carboxylic acids is 1. The number of hydrogen-bond donors (Lipinski definition) is 2. The van der Waals surface area contributed by atoms with Crippen LogP contribution in [0.15, 0.2) is 53.6 Å². The molecule has 0 unspecified atom stereocenters. The fourth-order valence-electron chi connectivity index (χ4n) is 1.48. The quantitative estimate of drug-likeness (QED) is 0.655. The largest absolute Gasteiger partial charge is 0.507 e. The molecule has 0 aliphatic rings. The molecule has 5 heteroatoms. The highest BCUT2D eigenvalue weighted by Gasteiger charge is 2.08. The summed E-state index contributed by atoms with van der Waals surface area (Å²) in [5.74, 6) is -1.04. The summed E-state index contributed by atoms with van der Waals surface area (Å²) >= 11 is 0. The third kappa shape index (κ3) is 3.38. The van der Waals surface area contributed by atoms with E-state index in [1.165, 1.54) is 30.5 Å². The Bertz CT molecular complexity index is 626. The van der Waals surface area contributed by atoms with Gasteiger partial charge in [0.05, 0.1) is 11.8 Å². The minimum absolute atomic E-state index is 0.124. The Labute approximate surface area is 109 Å². The molecule has 0 bridgehead atoms. The lowest BCUT2D eigenvalue weighted by Gasteiger charge is -2.01. The van der Waals surface area contributed by atoms with Crippen LogP contribution in [-0.2, 0) is 0 Å². The topological polar surface area (TPSA) is 61.7 Å². The summed E-state index contributed by atoms with van der Waals surface area (Å²) in [6, 6.07) is 11.9. The molecule has 0 spiro atoms. The van der Waals surface area contributed by atoms with E-state index in [-0.39, 0.29) is 17.1 Å². The van der Waals surface area contributed by atoms with Gasteiger partial charge >= 0.3 is 0 Å². The molecule has 0 aliphatic carbocycles. The van der Waals surface area contributed by atoms with Gasteiger partial charge in [0.2, 0.25) is 0 Å². The Morgan fingerprint density at radius 2 is 2.00 bits per heavy atom. The standard InChI is InChI=1S/C14H11FN2O2/c15-11-5-3-4-10(8-11)9-16-17-14(19)12-6-1-2-7-13(12)18/h1-9,18H,(H,17,19)/b16-9+. The van der Waals surface area contributed by atoms with Crippen LogP contribution in [0, 0.1) is 5.82 Å². The van der Waals surface area contributed by atoms with E-state index in [1.807, 2.05) is 0 Å².